The van der Waals surface area contributed by atoms with Gasteiger partial charge in [-0.3, -0.25) is 9.48 Å². The maximum atomic E-state index is 14.8. The molecule has 0 aliphatic rings. The SMILES string of the molecule is CCC(CCn1cc2cc(-c3noc(-c4cnc(OC(C)C)c(Cl)c4)n3)c(F)cc2n1)C(=O)O. The number of benzene rings is 1. The molecule has 0 radical (unpaired) electrons. The van der Waals surface area contributed by atoms with E-state index in [-0.39, 0.29) is 23.4 Å². The van der Waals surface area contributed by atoms with Gasteiger partial charge in [-0.2, -0.15) is 10.1 Å². The Labute approximate surface area is 199 Å². The molecule has 0 fully saturated rings. The van der Waals surface area contributed by atoms with Crippen LogP contribution in [-0.4, -0.2) is 42.1 Å². The molecule has 3 heterocycles. The van der Waals surface area contributed by atoms with E-state index in [2.05, 4.69) is 20.2 Å². The maximum absolute atomic E-state index is 14.8. The van der Waals surface area contributed by atoms with Gasteiger partial charge in [0, 0.05) is 30.4 Å². The molecule has 0 spiro atoms. The topological polar surface area (TPSA) is 116 Å². The Morgan fingerprint density at radius 2 is 2.12 bits per heavy atom. The van der Waals surface area contributed by atoms with Crippen LogP contribution in [-0.2, 0) is 11.3 Å². The minimum absolute atomic E-state index is 0.0673. The Hall–Kier alpha value is -3.53. The summed E-state index contributed by atoms with van der Waals surface area (Å²) in [6.07, 6.45) is 4.11. The molecular weight excluding hydrogens is 465 g/mol. The molecule has 4 aromatic rings. The molecule has 1 N–H and O–H groups in total. The molecule has 4 rings (SSSR count). The Bertz CT molecular complexity index is 1340. The number of nitrogens with zero attached hydrogens (tertiary/aromatic N) is 5. The summed E-state index contributed by atoms with van der Waals surface area (Å²) in [6.45, 7) is 5.97. The van der Waals surface area contributed by atoms with Crippen LogP contribution in [0.4, 0.5) is 4.39 Å². The van der Waals surface area contributed by atoms with E-state index >= 15 is 0 Å². The molecule has 0 saturated heterocycles. The third kappa shape index (κ3) is 5.01. The van der Waals surface area contributed by atoms with Crippen LogP contribution in [0.1, 0.15) is 33.6 Å². The first-order valence-corrected chi connectivity index (χ1v) is 11.2. The number of aliphatic carboxylic acids is 1. The van der Waals surface area contributed by atoms with Gasteiger partial charge >= 0.3 is 5.97 Å². The van der Waals surface area contributed by atoms with Crippen LogP contribution >= 0.6 is 11.6 Å². The number of aromatic nitrogens is 5. The van der Waals surface area contributed by atoms with Crippen LogP contribution < -0.4 is 4.74 Å². The van der Waals surface area contributed by atoms with Crippen molar-refractivity contribution in [3.8, 4) is 28.7 Å². The average molecular weight is 488 g/mol. The molecule has 1 atom stereocenters. The van der Waals surface area contributed by atoms with E-state index in [0.29, 0.717) is 46.8 Å². The van der Waals surface area contributed by atoms with Crippen molar-refractivity contribution in [3.05, 3.63) is 41.4 Å². The number of hydrogen-bond donors (Lipinski definition) is 1. The molecular formula is C23H23ClFN5O4. The average Bonchev–Trinajstić information content (AvgIpc) is 3.41. The second-order valence-electron chi connectivity index (χ2n) is 8.12. The molecule has 34 heavy (non-hydrogen) atoms. The first-order valence-electron chi connectivity index (χ1n) is 10.8. The van der Waals surface area contributed by atoms with Crippen LogP contribution in [0.5, 0.6) is 5.88 Å². The van der Waals surface area contributed by atoms with Gasteiger partial charge in [-0.1, -0.05) is 23.7 Å². The van der Waals surface area contributed by atoms with Crippen molar-refractivity contribution in [1.82, 2.24) is 24.9 Å². The van der Waals surface area contributed by atoms with E-state index in [1.807, 2.05) is 20.8 Å². The van der Waals surface area contributed by atoms with E-state index in [1.165, 1.54) is 12.3 Å². The van der Waals surface area contributed by atoms with Gasteiger partial charge in [0.1, 0.15) is 10.8 Å². The highest BCUT2D eigenvalue weighted by atomic mass is 35.5. The van der Waals surface area contributed by atoms with Gasteiger partial charge in [0.2, 0.25) is 11.7 Å². The summed E-state index contributed by atoms with van der Waals surface area (Å²) in [5, 5.41) is 18.4. The van der Waals surface area contributed by atoms with Gasteiger partial charge < -0.3 is 14.4 Å². The highest BCUT2D eigenvalue weighted by molar-refractivity contribution is 6.32. The third-order valence-electron chi connectivity index (χ3n) is 5.26. The third-order valence-corrected chi connectivity index (χ3v) is 5.53. The van der Waals surface area contributed by atoms with Crippen molar-refractivity contribution in [2.75, 3.05) is 0 Å². The van der Waals surface area contributed by atoms with Crippen molar-refractivity contribution in [3.63, 3.8) is 0 Å². The smallest absolute Gasteiger partial charge is 0.306 e. The number of rotatable bonds is 9. The molecule has 1 aromatic carbocycles. The summed E-state index contributed by atoms with van der Waals surface area (Å²) in [7, 11) is 0. The number of carbonyl (C=O) groups is 1. The van der Waals surface area contributed by atoms with E-state index in [1.54, 1.807) is 23.0 Å². The first-order chi connectivity index (χ1) is 16.2. The summed E-state index contributed by atoms with van der Waals surface area (Å²) in [5.74, 6) is -1.35. The van der Waals surface area contributed by atoms with Crippen LogP contribution in [0.3, 0.4) is 0 Å². The van der Waals surface area contributed by atoms with Crippen molar-refractivity contribution < 1.29 is 23.6 Å². The maximum Gasteiger partial charge on any atom is 0.306 e. The summed E-state index contributed by atoms with van der Waals surface area (Å²) in [5.41, 5.74) is 1.07. The molecule has 9 nitrogen and oxygen atoms in total. The van der Waals surface area contributed by atoms with Gasteiger partial charge in [0.15, 0.2) is 0 Å². The fourth-order valence-corrected chi connectivity index (χ4v) is 3.69. The second-order valence-corrected chi connectivity index (χ2v) is 8.52. The van der Waals surface area contributed by atoms with Gasteiger partial charge in [0.25, 0.3) is 5.89 Å². The van der Waals surface area contributed by atoms with Crippen molar-refractivity contribution >= 4 is 28.5 Å². The number of hydrogen-bond acceptors (Lipinski definition) is 7. The standard InChI is InChI=1S/C23H23ClFN5O4/c1-4-13(23(31)32)5-6-30-11-15-7-16(18(25)9-19(15)28-30)20-27-21(34-29-20)14-8-17(24)22(26-10-14)33-12(2)3/h7-13H,4-6H2,1-3H3,(H,31,32). The number of pyridine rings is 1. The van der Waals surface area contributed by atoms with Crippen LogP contribution in [0.25, 0.3) is 33.7 Å². The number of halogens is 2. The van der Waals surface area contributed by atoms with Crippen LogP contribution in [0, 0.1) is 11.7 Å². The highest BCUT2D eigenvalue weighted by Crippen LogP contribution is 2.31. The predicted octanol–water partition coefficient (Wildman–Crippen LogP) is 5.23. The van der Waals surface area contributed by atoms with Gasteiger partial charge in [-0.15, -0.1) is 0 Å². The molecule has 1 unspecified atom stereocenters. The lowest BCUT2D eigenvalue weighted by Gasteiger charge is -2.09. The zero-order chi connectivity index (χ0) is 24.4. The zero-order valence-corrected chi connectivity index (χ0v) is 19.6. The molecule has 178 valence electrons. The molecule has 3 aromatic heterocycles. The molecule has 0 aliphatic carbocycles. The largest absolute Gasteiger partial charge is 0.481 e. The van der Waals surface area contributed by atoms with Crippen molar-refractivity contribution in [1.29, 1.82) is 0 Å². The van der Waals surface area contributed by atoms with Gasteiger partial charge in [-0.05, 0) is 38.8 Å². The lowest BCUT2D eigenvalue weighted by Crippen LogP contribution is -2.15. The van der Waals surface area contributed by atoms with E-state index in [4.69, 9.17) is 20.9 Å². The molecule has 11 heteroatoms. The fourth-order valence-electron chi connectivity index (χ4n) is 3.48. The highest BCUT2D eigenvalue weighted by Gasteiger charge is 2.19. The van der Waals surface area contributed by atoms with Crippen molar-refractivity contribution in [2.24, 2.45) is 5.92 Å². The van der Waals surface area contributed by atoms with Crippen molar-refractivity contribution in [2.45, 2.75) is 46.3 Å². The number of aryl methyl sites for hydroxylation is 1. The summed E-state index contributed by atoms with van der Waals surface area (Å²) in [6, 6.07) is 4.47. The molecule has 0 bridgehead atoms. The molecule has 0 aliphatic heterocycles. The normalized spacial score (nSPS) is 12.4. The van der Waals surface area contributed by atoms with Crippen LogP contribution in [0.15, 0.2) is 35.1 Å². The lowest BCUT2D eigenvalue weighted by atomic mass is 10.0. The van der Waals surface area contributed by atoms with Gasteiger partial charge in [0.05, 0.1) is 28.7 Å². The monoisotopic (exact) mass is 487 g/mol. The Balaban J connectivity index is 1.58. The van der Waals surface area contributed by atoms with E-state index < -0.39 is 17.7 Å². The summed E-state index contributed by atoms with van der Waals surface area (Å²) >= 11 is 6.23. The quantitative estimate of drug-likeness (QED) is 0.341. The Kier molecular flexibility index (Phi) is 6.78. The first kappa shape index (κ1) is 23.6. The number of carboxylic acid groups (broad SMARTS) is 1. The minimum atomic E-state index is -0.834. The lowest BCUT2D eigenvalue weighted by molar-refractivity contribution is -0.142. The van der Waals surface area contributed by atoms with E-state index in [0.717, 1.165) is 0 Å². The number of carboxylic acids is 1. The summed E-state index contributed by atoms with van der Waals surface area (Å²) in [4.78, 5) is 19.7. The fraction of sp³-hybridized carbons (Fsp3) is 0.348. The van der Waals surface area contributed by atoms with E-state index in [9.17, 15) is 14.3 Å². The second kappa shape index (κ2) is 9.76. The van der Waals surface area contributed by atoms with Crippen LogP contribution in [0.2, 0.25) is 5.02 Å². The van der Waals surface area contributed by atoms with Gasteiger partial charge in [-0.25, -0.2) is 9.37 Å². The minimum Gasteiger partial charge on any atom is -0.481 e. The summed E-state index contributed by atoms with van der Waals surface area (Å²) < 4.78 is 27.3. The number of ether oxygens (including phenoxy) is 1. The molecule has 0 amide bonds. The zero-order valence-electron chi connectivity index (χ0n) is 18.8. The number of fused-ring (bicyclic) bond motifs is 1. The Morgan fingerprint density at radius 1 is 1.32 bits per heavy atom. The molecule has 0 saturated carbocycles. The predicted molar refractivity (Wildman–Crippen MR) is 123 cm³/mol. The Morgan fingerprint density at radius 3 is 2.79 bits per heavy atom.